The van der Waals surface area contributed by atoms with Gasteiger partial charge in [-0.3, -0.25) is 0 Å². The fourth-order valence-corrected chi connectivity index (χ4v) is 3.07. The molecule has 6 heteroatoms. The van der Waals surface area contributed by atoms with Crippen LogP contribution in [0.5, 0.6) is 0 Å². The maximum absolute atomic E-state index is 5.97. The number of fused-ring (bicyclic) bond motifs is 2. The molecule has 0 atom stereocenters. The smallest absolute Gasteiger partial charge is 0.152 e. The summed E-state index contributed by atoms with van der Waals surface area (Å²) in [7, 11) is 0. The first-order chi connectivity index (χ1) is 9.81. The van der Waals surface area contributed by atoms with E-state index in [-0.39, 0.29) is 0 Å². The van der Waals surface area contributed by atoms with Crippen molar-refractivity contribution in [3.63, 3.8) is 0 Å². The number of nitrogens with zero attached hydrogens (tertiary/aromatic N) is 4. The molecule has 1 aromatic carbocycles. The van der Waals surface area contributed by atoms with Crippen LogP contribution in [0.15, 0.2) is 42.0 Å². The molecule has 0 bridgehead atoms. The van der Waals surface area contributed by atoms with E-state index in [9.17, 15) is 0 Å². The van der Waals surface area contributed by atoms with Gasteiger partial charge in [0.25, 0.3) is 0 Å². The van der Waals surface area contributed by atoms with Crippen molar-refractivity contribution in [2.45, 2.75) is 6.54 Å². The number of para-hydroxylation sites is 2. The van der Waals surface area contributed by atoms with E-state index in [2.05, 4.69) is 15.0 Å². The highest BCUT2D eigenvalue weighted by Gasteiger charge is 2.08. The van der Waals surface area contributed by atoms with Gasteiger partial charge in [0, 0.05) is 0 Å². The Kier molecular flexibility index (Phi) is 2.43. The van der Waals surface area contributed by atoms with Crippen LogP contribution < -0.4 is 5.73 Å². The van der Waals surface area contributed by atoms with Crippen molar-refractivity contribution in [1.29, 1.82) is 0 Å². The van der Waals surface area contributed by atoms with Crippen LogP contribution in [0.4, 0.5) is 5.82 Å². The summed E-state index contributed by atoms with van der Waals surface area (Å²) in [6, 6.07) is 9.95. The van der Waals surface area contributed by atoms with E-state index in [0.29, 0.717) is 18.2 Å². The van der Waals surface area contributed by atoms with Crippen LogP contribution in [0.25, 0.3) is 21.3 Å². The van der Waals surface area contributed by atoms with Crippen LogP contribution >= 0.6 is 11.3 Å². The molecule has 0 saturated heterocycles. The predicted molar refractivity (Wildman–Crippen MR) is 80.7 cm³/mol. The average Bonchev–Trinajstić information content (AvgIpc) is 3.07. The first kappa shape index (κ1) is 11.4. The van der Waals surface area contributed by atoms with Gasteiger partial charge in [-0.05, 0) is 23.6 Å². The molecule has 4 rings (SSSR count). The van der Waals surface area contributed by atoms with Crippen molar-refractivity contribution < 1.29 is 0 Å². The van der Waals surface area contributed by atoms with E-state index < -0.39 is 0 Å². The zero-order valence-electron chi connectivity index (χ0n) is 10.5. The number of nitrogen functional groups attached to an aromatic ring is 1. The van der Waals surface area contributed by atoms with Gasteiger partial charge in [0.15, 0.2) is 5.82 Å². The van der Waals surface area contributed by atoms with E-state index in [0.717, 1.165) is 21.3 Å². The molecule has 4 aromatic rings. The Balaban J connectivity index is 1.80. The van der Waals surface area contributed by atoms with Gasteiger partial charge in [0.05, 0.1) is 29.3 Å². The van der Waals surface area contributed by atoms with Crippen molar-refractivity contribution >= 4 is 38.4 Å². The second-order valence-corrected chi connectivity index (χ2v) is 5.42. The van der Waals surface area contributed by atoms with E-state index in [1.54, 1.807) is 11.3 Å². The Morgan fingerprint density at radius 3 is 3.00 bits per heavy atom. The van der Waals surface area contributed by atoms with E-state index >= 15 is 0 Å². The van der Waals surface area contributed by atoms with Crippen LogP contribution in [0.1, 0.15) is 5.82 Å². The lowest BCUT2D eigenvalue weighted by atomic mass is 10.3. The molecule has 2 N–H and O–H groups in total. The summed E-state index contributed by atoms with van der Waals surface area (Å²) in [5, 5.41) is 2.90. The zero-order valence-corrected chi connectivity index (χ0v) is 11.3. The van der Waals surface area contributed by atoms with Crippen molar-refractivity contribution in [3.8, 4) is 0 Å². The number of benzene rings is 1. The minimum Gasteiger partial charge on any atom is -0.383 e. The van der Waals surface area contributed by atoms with E-state index in [1.807, 2.05) is 46.6 Å². The Hall–Kier alpha value is -2.47. The largest absolute Gasteiger partial charge is 0.383 e. The topological polar surface area (TPSA) is 69.6 Å². The van der Waals surface area contributed by atoms with Gasteiger partial charge in [-0.1, -0.05) is 12.1 Å². The van der Waals surface area contributed by atoms with Gasteiger partial charge < -0.3 is 10.3 Å². The molecule has 0 spiro atoms. The Labute approximate surface area is 118 Å². The van der Waals surface area contributed by atoms with E-state index in [1.165, 1.54) is 0 Å². The fourth-order valence-electron chi connectivity index (χ4n) is 2.28. The van der Waals surface area contributed by atoms with Gasteiger partial charge in [-0.2, -0.15) is 0 Å². The molecule has 0 radical (unpaired) electrons. The van der Waals surface area contributed by atoms with Crippen LogP contribution in [0.3, 0.4) is 0 Å². The average molecular weight is 281 g/mol. The molecule has 0 saturated carbocycles. The molecule has 3 aromatic heterocycles. The quantitative estimate of drug-likeness (QED) is 0.613. The maximum Gasteiger partial charge on any atom is 0.152 e. The van der Waals surface area contributed by atoms with Crippen LogP contribution in [0, 0.1) is 0 Å². The highest BCUT2D eigenvalue weighted by molar-refractivity contribution is 7.16. The molecule has 20 heavy (non-hydrogen) atoms. The summed E-state index contributed by atoms with van der Waals surface area (Å²) in [5.74, 6) is 1.25. The maximum atomic E-state index is 5.97. The van der Waals surface area contributed by atoms with Crippen molar-refractivity contribution in [2.75, 3.05) is 5.73 Å². The lowest BCUT2D eigenvalue weighted by molar-refractivity contribution is 0.772. The standard InChI is InChI=1S/C14H11N5S/c15-13-9-5-6-20-14(9)18-12(17-13)7-19-8-16-10-3-1-2-4-11(10)19/h1-6,8H,7H2,(H2,15,17,18). The summed E-state index contributed by atoms with van der Waals surface area (Å²) in [5.41, 5.74) is 8.01. The van der Waals surface area contributed by atoms with Gasteiger partial charge in [0.1, 0.15) is 10.6 Å². The monoisotopic (exact) mass is 281 g/mol. The Morgan fingerprint density at radius 1 is 1.15 bits per heavy atom. The van der Waals surface area contributed by atoms with Crippen LogP contribution in [-0.2, 0) is 6.54 Å². The number of hydrogen-bond acceptors (Lipinski definition) is 5. The fraction of sp³-hybridized carbons (Fsp3) is 0.0714. The number of thiophene rings is 1. The summed E-state index contributed by atoms with van der Waals surface area (Å²) in [6.45, 7) is 0.568. The van der Waals surface area contributed by atoms with Gasteiger partial charge in [-0.25, -0.2) is 15.0 Å². The first-order valence-corrected chi connectivity index (χ1v) is 7.09. The molecule has 5 nitrogen and oxygen atoms in total. The van der Waals surface area contributed by atoms with Crippen LogP contribution in [0.2, 0.25) is 0 Å². The molecule has 98 valence electrons. The van der Waals surface area contributed by atoms with Gasteiger partial charge >= 0.3 is 0 Å². The highest BCUT2D eigenvalue weighted by Crippen LogP contribution is 2.23. The molecule has 0 amide bonds. The molecule has 0 aliphatic rings. The summed E-state index contributed by atoms with van der Waals surface area (Å²) >= 11 is 1.58. The van der Waals surface area contributed by atoms with E-state index in [4.69, 9.17) is 5.73 Å². The summed E-state index contributed by atoms with van der Waals surface area (Å²) in [4.78, 5) is 14.2. The number of aromatic nitrogens is 4. The second kappa shape index (κ2) is 4.28. The second-order valence-electron chi connectivity index (χ2n) is 4.53. The Bertz CT molecular complexity index is 908. The SMILES string of the molecule is Nc1nc(Cn2cnc3ccccc32)nc2sccc12. The molecular weight excluding hydrogens is 270 g/mol. The number of nitrogens with two attached hydrogens (primary N) is 1. The third-order valence-electron chi connectivity index (χ3n) is 3.24. The molecule has 0 unspecified atom stereocenters. The Morgan fingerprint density at radius 2 is 2.05 bits per heavy atom. The van der Waals surface area contributed by atoms with Crippen molar-refractivity contribution in [3.05, 3.63) is 47.9 Å². The number of imidazole rings is 1. The molecule has 0 aliphatic carbocycles. The number of anilines is 1. The molecular formula is C14H11N5S. The lowest BCUT2D eigenvalue weighted by Gasteiger charge is -2.04. The van der Waals surface area contributed by atoms with Crippen molar-refractivity contribution in [2.24, 2.45) is 0 Å². The molecule has 0 fully saturated rings. The zero-order chi connectivity index (χ0) is 13.5. The highest BCUT2D eigenvalue weighted by atomic mass is 32.1. The van der Waals surface area contributed by atoms with Crippen molar-refractivity contribution in [1.82, 2.24) is 19.5 Å². The predicted octanol–water partition coefficient (Wildman–Crippen LogP) is 2.67. The van der Waals surface area contributed by atoms with Crippen LogP contribution in [-0.4, -0.2) is 19.5 Å². The lowest BCUT2D eigenvalue weighted by Crippen LogP contribution is -2.05. The third-order valence-corrected chi connectivity index (χ3v) is 4.05. The summed E-state index contributed by atoms with van der Waals surface area (Å²) < 4.78 is 2.03. The first-order valence-electron chi connectivity index (χ1n) is 6.21. The molecule has 3 heterocycles. The number of rotatable bonds is 2. The van der Waals surface area contributed by atoms with Gasteiger partial charge in [-0.15, -0.1) is 11.3 Å². The minimum atomic E-state index is 0.538. The third kappa shape index (κ3) is 1.73. The molecule has 0 aliphatic heterocycles. The summed E-state index contributed by atoms with van der Waals surface area (Å²) in [6.07, 6.45) is 1.81. The minimum absolute atomic E-state index is 0.538. The van der Waals surface area contributed by atoms with Gasteiger partial charge in [0.2, 0.25) is 0 Å². The number of hydrogen-bond donors (Lipinski definition) is 1. The normalized spacial score (nSPS) is 11.4.